The fourth-order valence-electron chi connectivity index (χ4n) is 4.46. The van der Waals surface area contributed by atoms with Crippen molar-refractivity contribution in [2.45, 2.75) is 58.1 Å². The van der Waals surface area contributed by atoms with Gasteiger partial charge in [-0.3, -0.25) is 9.48 Å². The first-order valence-corrected chi connectivity index (χ1v) is 11.2. The molecule has 3 aromatic rings. The van der Waals surface area contributed by atoms with Crippen molar-refractivity contribution in [2.24, 2.45) is 5.92 Å². The topological polar surface area (TPSA) is 71.9 Å². The molecule has 2 N–H and O–H groups in total. The molecule has 1 saturated carbocycles. The molecule has 0 unspecified atom stereocenters. The summed E-state index contributed by atoms with van der Waals surface area (Å²) >= 11 is 0. The number of H-pyrrole nitrogens is 1. The molecule has 30 heavy (non-hydrogen) atoms. The summed E-state index contributed by atoms with van der Waals surface area (Å²) in [4.78, 5) is 15.6. The highest BCUT2D eigenvalue weighted by atomic mass is 16.5. The SMILES string of the molecule is O=C(CCCc1c[nH]c2ccccc12)NCCc1nn(CC2CC2)c2c1COCC2. The number of fused-ring (bicyclic) bond motifs is 2. The van der Waals surface area contributed by atoms with Gasteiger partial charge in [0.2, 0.25) is 5.91 Å². The van der Waals surface area contributed by atoms with Gasteiger partial charge in [-0.1, -0.05) is 18.2 Å². The van der Waals surface area contributed by atoms with Gasteiger partial charge in [0.25, 0.3) is 0 Å². The second kappa shape index (κ2) is 8.64. The van der Waals surface area contributed by atoms with Crippen molar-refractivity contribution in [1.29, 1.82) is 0 Å². The number of hydrogen-bond donors (Lipinski definition) is 2. The number of nitrogens with zero attached hydrogens (tertiary/aromatic N) is 2. The normalized spacial score (nSPS) is 16.0. The fraction of sp³-hybridized carbons (Fsp3) is 0.500. The van der Waals surface area contributed by atoms with Crippen molar-refractivity contribution in [3.05, 3.63) is 53.0 Å². The van der Waals surface area contributed by atoms with Crippen LogP contribution in [0.5, 0.6) is 0 Å². The maximum absolute atomic E-state index is 12.3. The van der Waals surface area contributed by atoms with Gasteiger partial charge in [-0.15, -0.1) is 0 Å². The van der Waals surface area contributed by atoms with Crippen LogP contribution >= 0.6 is 0 Å². The highest BCUT2D eigenvalue weighted by Crippen LogP contribution is 2.32. The lowest BCUT2D eigenvalue weighted by molar-refractivity contribution is -0.121. The molecule has 158 valence electrons. The third-order valence-corrected chi connectivity index (χ3v) is 6.32. The molecule has 1 aliphatic heterocycles. The van der Waals surface area contributed by atoms with Gasteiger partial charge in [0.1, 0.15) is 0 Å². The first kappa shape index (κ1) is 19.4. The minimum absolute atomic E-state index is 0.123. The number of nitrogens with one attached hydrogen (secondary N) is 2. The van der Waals surface area contributed by atoms with Crippen LogP contribution in [0.4, 0.5) is 0 Å². The van der Waals surface area contributed by atoms with Crippen LogP contribution in [0.25, 0.3) is 10.9 Å². The minimum Gasteiger partial charge on any atom is -0.376 e. The summed E-state index contributed by atoms with van der Waals surface area (Å²) in [6.45, 7) is 3.13. The summed E-state index contributed by atoms with van der Waals surface area (Å²) in [7, 11) is 0. The second-order valence-electron chi connectivity index (χ2n) is 8.61. The smallest absolute Gasteiger partial charge is 0.220 e. The Kier molecular flexibility index (Phi) is 5.58. The van der Waals surface area contributed by atoms with Crippen LogP contribution in [0, 0.1) is 5.92 Å². The number of carbonyl (C=O) groups is 1. The third kappa shape index (κ3) is 4.29. The molecule has 6 heteroatoms. The van der Waals surface area contributed by atoms with Gasteiger partial charge in [0.15, 0.2) is 0 Å². The Morgan fingerprint density at radius 1 is 1.27 bits per heavy atom. The first-order valence-electron chi connectivity index (χ1n) is 11.2. The summed E-state index contributed by atoms with van der Waals surface area (Å²) in [5.41, 5.74) is 6.16. The zero-order valence-corrected chi connectivity index (χ0v) is 17.5. The van der Waals surface area contributed by atoms with Crippen molar-refractivity contribution < 1.29 is 9.53 Å². The van der Waals surface area contributed by atoms with E-state index in [1.807, 2.05) is 6.07 Å². The number of aromatic nitrogens is 3. The molecule has 0 bridgehead atoms. The van der Waals surface area contributed by atoms with Crippen LogP contribution in [-0.2, 0) is 41.9 Å². The predicted molar refractivity (Wildman–Crippen MR) is 116 cm³/mol. The third-order valence-electron chi connectivity index (χ3n) is 6.32. The molecule has 0 atom stereocenters. The largest absolute Gasteiger partial charge is 0.376 e. The van der Waals surface area contributed by atoms with E-state index >= 15 is 0 Å². The Morgan fingerprint density at radius 2 is 2.17 bits per heavy atom. The Balaban J connectivity index is 1.10. The van der Waals surface area contributed by atoms with E-state index < -0.39 is 0 Å². The lowest BCUT2D eigenvalue weighted by Gasteiger charge is -2.15. The molecule has 3 heterocycles. The molecule has 1 fully saturated rings. The highest BCUT2D eigenvalue weighted by molar-refractivity contribution is 5.83. The molecule has 0 spiro atoms. The van der Waals surface area contributed by atoms with Gasteiger partial charge in [-0.2, -0.15) is 5.10 Å². The van der Waals surface area contributed by atoms with Crippen molar-refractivity contribution in [3.63, 3.8) is 0 Å². The molecule has 0 radical (unpaired) electrons. The molecule has 1 amide bonds. The average molecular weight is 407 g/mol. The van der Waals surface area contributed by atoms with Gasteiger partial charge in [0, 0.05) is 60.7 Å². The van der Waals surface area contributed by atoms with Crippen LogP contribution in [-0.4, -0.2) is 33.8 Å². The van der Waals surface area contributed by atoms with Gasteiger partial charge >= 0.3 is 0 Å². The van der Waals surface area contributed by atoms with E-state index in [-0.39, 0.29) is 5.91 Å². The molecule has 5 rings (SSSR count). The van der Waals surface area contributed by atoms with E-state index in [1.165, 1.54) is 35.0 Å². The van der Waals surface area contributed by atoms with E-state index in [9.17, 15) is 4.79 Å². The van der Waals surface area contributed by atoms with Crippen molar-refractivity contribution >= 4 is 16.8 Å². The van der Waals surface area contributed by atoms with Crippen LogP contribution in [0.15, 0.2) is 30.5 Å². The Labute approximate surface area is 177 Å². The van der Waals surface area contributed by atoms with Gasteiger partial charge in [-0.05, 0) is 43.2 Å². The summed E-state index contributed by atoms with van der Waals surface area (Å²) in [6.07, 6.45) is 8.76. The summed E-state index contributed by atoms with van der Waals surface area (Å²) in [5, 5.41) is 9.21. The minimum atomic E-state index is 0.123. The number of benzene rings is 1. The summed E-state index contributed by atoms with van der Waals surface area (Å²) < 4.78 is 7.89. The second-order valence-corrected chi connectivity index (χ2v) is 8.61. The zero-order chi connectivity index (χ0) is 20.3. The molecule has 1 aromatic carbocycles. The van der Waals surface area contributed by atoms with Crippen LogP contribution in [0.1, 0.15) is 48.2 Å². The number of rotatable bonds is 9. The molecule has 2 aliphatic rings. The lowest BCUT2D eigenvalue weighted by atomic mass is 10.1. The predicted octanol–water partition coefficient (Wildman–Crippen LogP) is 3.53. The molecule has 1 aliphatic carbocycles. The van der Waals surface area contributed by atoms with Crippen molar-refractivity contribution in [1.82, 2.24) is 20.1 Å². The van der Waals surface area contributed by atoms with Crippen molar-refractivity contribution in [3.8, 4) is 0 Å². The maximum Gasteiger partial charge on any atom is 0.220 e. The molecular formula is C24H30N4O2. The summed E-state index contributed by atoms with van der Waals surface area (Å²) in [5.74, 6) is 0.930. The quantitative estimate of drug-likeness (QED) is 0.571. The summed E-state index contributed by atoms with van der Waals surface area (Å²) in [6, 6.07) is 8.31. The number of para-hydroxylation sites is 1. The lowest BCUT2D eigenvalue weighted by Crippen LogP contribution is -2.26. The Bertz CT molecular complexity index is 1030. The average Bonchev–Trinajstić information content (AvgIpc) is 3.39. The van der Waals surface area contributed by atoms with Gasteiger partial charge in [0.05, 0.1) is 18.9 Å². The number of aromatic amines is 1. The maximum atomic E-state index is 12.3. The van der Waals surface area contributed by atoms with Gasteiger partial charge < -0.3 is 15.0 Å². The van der Waals surface area contributed by atoms with Crippen LogP contribution in [0.2, 0.25) is 0 Å². The number of hydrogen-bond acceptors (Lipinski definition) is 3. The monoisotopic (exact) mass is 406 g/mol. The zero-order valence-electron chi connectivity index (χ0n) is 17.5. The number of ether oxygens (including phenoxy) is 1. The van der Waals surface area contributed by atoms with E-state index in [1.54, 1.807) is 0 Å². The Morgan fingerprint density at radius 3 is 3.07 bits per heavy atom. The van der Waals surface area contributed by atoms with Crippen LogP contribution in [0.3, 0.4) is 0 Å². The van der Waals surface area contributed by atoms with E-state index in [0.717, 1.165) is 56.0 Å². The van der Waals surface area contributed by atoms with E-state index in [4.69, 9.17) is 9.84 Å². The molecule has 6 nitrogen and oxygen atoms in total. The molecule has 0 saturated heterocycles. The van der Waals surface area contributed by atoms with Crippen molar-refractivity contribution in [2.75, 3.05) is 13.2 Å². The number of carbonyl (C=O) groups excluding carboxylic acids is 1. The van der Waals surface area contributed by atoms with E-state index in [0.29, 0.717) is 19.6 Å². The Hall–Kier alpha value is -2.60. The van der Waals surface area contributed by atoms with Gasteiger partial charge in [-0.25, -0.2) is 0 Å². The van der Waals surface area contributed by atoms with Crippen LogP contribution < -0.4 is 5.32 Å². The standard InChI is InChI=1S/C24H30N4O2/c29-24(7-3-4-18-14-26-21-6-2-1-5-19(18)21)25-12-10-22-20-16-30-13-11-23(20)28(27-22)15-17-8-9-17/h1-2,5-6,14,17,26H,3-4,7-13,15-16H2,(H,25,29). The fourth-order valence-corrected chi connectivity index (χ4v) is 4.46. The first-order chi connectivity index (χ1) is 14.8. The number of aryl methyl sites for hydroxylation is 1. The molecular weight excluding hydrogens is 376 g/mol. The number of amides is 1. The van der Waals surface area contributed by atoms with E-state index in [2.05, 4.69) is 39.4 Å². The highest BCUT2D eigenvalue weighted by Gasteiger charge is 2.27. The molecule has 2 aromatic heterocycles.